The zero-order valence-electron chi connectivity index (χ0n) is 13.1. The number of hydrogen-bond acceptors (Lipinski definition) is 2. The Kier molecular flexibility index (Phi) is 6.76. The van der Waals surface area contributed by atoms with E-state index in [-0.39, 0.29) is 6.03 Å². The van der Waals surface area contributed by atoms with Crippen LogP contribution in [0.3, 0.4) is 0 Å². The Bertz CT molecular complexity index is 646. The zero-order chi connectivity index (χ0) is 16.5. The van der Waals surface area contributed by atoms with Crippen molar-refractivity contribution in [3.8, 4) is 5.75 Å². The molecule has 2 aromatic carbocycles. The number of hydrogen-bond donors (Lipinski definition) is 2. The molecule has 4 nitrogen and oxygen atoms in total. The Morgan fingerprint density at radius 1 is 1.04 bits per heavy atom. The van der Waals surface area contributed by atoms with Crippen molar-refractivity contribution >= 4 is 17.6 Å². The molecule has 2 aromatic rings. The van der Waals surface area contributed by atoms with Crippen LogP contribution < -0.4 is 15.4 Å². The summed E-state index contributed by atoms with van der Waals surface area (Å²) in [6.45, 7) is 3.34. The molecule has 23 heavy (non-hydrogen) atoms. The van der Waals surface area contributed by atoms with Crippen molar-refractivity contribution in [2.75, 3.05) is 13.2 Å². The SMILES string of the molecule is CCc1ccccc1OCCNC(=O)NCc1ccccc1Cl. The third kappa shape index (κ3) is 5.49. The number of ether oxygens (including phenoxy) is 1. The Labute approximate surface area is 141 Å². The first-order valence-corrected chi connectivity index (χ1v) is 8.04. The minimum atomic E-state index is -0.239. The van der Waals surface area contributed by atoms with Crippen molar-refractivity contribution in [1.29, 1.82) is 0 Å². The number of carbonyl (C=O) groups excluding carboxylic acids is 1. The number of nitrogens with one attached hydrogen (secondary N) is 2. The number of amides is 2. The molecule has 0 heterocycles. The highest BCUT2D eigenvalue weighted by Crippen LogP contribution is 2.17. The van der Waals surface area contributed by atoms with Gasteiger partial charge in [-0.05, 0) is 29.7 Å². The molecular weight excluding hydrogens is 312 g/mol. The Hall–Kier alpha value is -2.20. The van der Waals surface area contributed by atoms with Crippen LogP contribution in [0.4, 0.5) is 4.79 Å². The molecule has 0 radical (unpaired) electrons. The van der Waals surface area contributed by atoms with Gasteiger partial charge >= 0.3 is 6.03 Å². The number of urea groups is 1. The van der Waals surface area contributed by atoms with E-state index in [0.29, 0.717) is 24.7 Å². The van der Waals surface area contributed by atoms with E-state index in [1.807, 2.05) is 42.5 Å². The average Bonchev–Trinajstić information content (AvgIpc) is 2.58. The molecule has 5 heteroatoms. The minimum absolute atomic E-state index is 0.239. The van der Waals surface area contributed by atoms with Crippen molar-refractivity contribution in [2.24, 2.45) is 0 Å². The van der Waals surface area contributed by atoms with Gasteiger partial charge in [0.2, 0.25) is 0 Å². The van der Waals surface area contributed by atoms with Crippen LogP contribution >= 0.6 is 11.6 Å². The lowest BCUT2D eigenvalue weighted by molar-refractivity contribution is 0.236. The van der Waals surface area contributed by atoms with Crippen molar-refractivity contribution < 1.29 is 9.53 Å². The van der Waals surface area contributed by atoms with E-state index in [1.54, 1.807) is 6.07 Å². The molecule has 2 N–H and O–H groups in total. The van der Waals surface area contributed by atoms with Gasteiger partial charge in [-0.25, -0.2) is 4.79 Å². The number of rotatable bonds is 7. The van der Waals surface area contributed by atoms with Gasteiger partial charge in [-0.2, -0.15) is 0 Å². The molecule has 0 aliphatic heterocycles. The number of aryl methyl sites for hydroxylation is 1. The highest BCUT2D eigenvalue weighted by atomic mass is 35.5. The monoisotopic (exact) mass is 332 g/mol. The summed E-state index contributed by atoms with van der Waals surface area (Å²) in [5.41, 5.74) is 2.05. The molecule has 0 saturated heterocycles. The fraction of sp³-hybridized carbons (Fsp3) is 0.278. The number of para-hydroxylation sites is 1. The smallest absolute Gasteiger partial charge is 0.315 e. The summed E-state index contributed by atoms with van der Waals surface area (Å²) >= 11 is 6.04. The number of benzene rings is 2. The van der Waals surface area contributed by atoms with Crippen molar-refractivity contribution in [3.63, 3.8) is 0 Å². The largest absolute Gasteiger partial charge is 0.491 e. The summed E-state index contributed by atoms with van der Waals surface area (Å²) in [5.74, 6) is 0.869. The minimum Gasteiger partial charge on any atom is -0.491 e. The van der Waals surface area contributed by atoms with Crippen LogP contribution in [-0.2, 0) is 13.0 Å². The van der Waals surface area contributed by atoms with Gasteiger partial charge in [0.05, 0.1) is 6.54 Å². The van der Waals surface area contributed by atoms with Gasteiger partial charge < -0.3 is 15.4 Å². The van der Waals surface area contributed by atoms with Crippen molar-refractivity contribution in [2.45, 2.75) is 19.9 Å². The van der Waals surface area contributed by atoms with Crippen molar-refractivity contribution in [3.05, 3.63) is 64.7 Å². The molecule has 0 aromatic heterocycles. The van der Waals surface area contributed by atoms with Crippen LogP contribution in [0.2, 0.25) is 5.02 Å². The number of halogens is 1. The van der Waals surface area contributed by atoms with E-state index < -0.39 is 0 Å². The molecule has 122 valence electrons. The molecule has 0 bridgehead atoms. The van der Waals surface area contributed by atoms with E-state index >= 15 is 0 Å². The van der Waals surface area contributed by atoms with Gasteiger partial charge in [0.25, 0.3) is 0 Å². The molecule has 0 fully saturated rings. The van der Waals surface area contributed by atoms with Crippen LogP contribution in [-0.4, -0.2) is 19.2 Å². The summed E-state index contributed by atoms with van der Waals surface area (Å²) in [5, 5.41) is 6.18. The second-order valence-electron chi connectivity index (χ2n) is 5.01. The Morgan fingerprint density at radius 2 is 1.74 bits per heavy atom. The fourth-order valence-electron chi connectivity index (χ4n) is 2.14. The topological polar surface area (TPSA) is 50.4 Å². The zero-order valence-corrected chi connectivity index (χ0v) is 13.9. The molecule has 0 aliphatic rings. The maximum Gasteiger partial charge on any atom is 0.315 e. The van der Waals surface area contributed by atoms with E-state index in [9.17, 15) is 4.79 Å². The van der Waals surface area contributed by atoms with Crippen LogP contribution in [0, 0.1) is 0 Å². The quantitative estimate of drug-likeness (QED) is 0.758. The summed E-state index contributed by atoms with van der Waals surface area (Å²) in [6.07, 6.45) is 0.919. The van der Waals surface area contributed by atoms with Gasteiger partial charge in [0, 0.05) is 11.6 Å². The molecule has 0 spiro atoms. The maximum atomic E-state index is 11.7. The summed E-state index contributed by atoms with van der Waals surface area (Å²) in [6, 6.07) is 15.1. The third-order valence-electron chi connectivity index (χ3n) is 3.40. The summed E-state index contributed by atoms with van der Waals surface area (Å²) < 4.78 is 5.70. The molecule has 0 saturated carbocycles. The van der Waals surface area contributed by atoms with E-state index in [0.717, 1.165) is 23.3 Å². The van der Waals surface area contributed by atoms with Crippen LogP contribution in [0.1, 0.15) is 18.1 Å². The molecule has 2 amide bonds. The van der Waals surface area contributed by atoms with E-state index in [1.165, 1.54) is 0 Å². The van der Waals surface area contributed by atoms with E-state index in [2.05, 4.69) is 17.6 Å². The normalized spacial score (nSPS) is 10.2. The first kappa shape index (κ1) is 17.2. The standard InChI is InChI=1S/C18H21ClN2O2/c1-2-14-7-4-6-10-17(14)23-12-11-20-18(22)21-13-15-8-3-5-9-16(15)19/h3-10H,2,11-13H2,1H3,(H2,20,21,22). The van der Waals surface area contributed by atoms with Gasteiger partial charge in [0.15, 0.2) is 0 Å². The molecule has 0 aliphatic carbocycles. The fourth-order valence-corrected chi connectivity index (χ4v) is 2.34. The summed E-state index contributed by atoms with van der Waals surface area (Å²) in [7, 11) is 0. The Balaban J connectivity index is 1.68. The predicted octanol–water partition coefficient (Wildman–Crippen LogP) is 3.78. The first-order chi connectivity index (χ1) is 11.2. The van der Waals surface area contributed by atoms with Crippen LogP contribution in [0.15, 0.2) is 48.5 Å². The van der Waals surface area contributed by atoms with Crippen molar-refractivity contribution in [1.82, 2.24) is 10.6 Å². The second-order valence-corrected chi connectivity index (χ2v) is 5.42. The third-order valence-corrected chi connectivity index (χ3v) is 3.76. The van der Waals surface area contributed by atoms with Crippen LogP contribution in [0.5, 0.6) is 5.75 Å². The molecule has 0 atom stereocenters. The first-order valence-electron chi connectivity index (χ1n) is 7.66. The highest BCUT2D eigenvalue weighted by molar-refractivity contribution is 6.31. The van der Waals surface area contributed by atoms with Crippen LogP contribution in [0.25, 0.3) is 0 Å². The Morgan fingerprint density at radius 3 is 2.48 bits per heavy atom. The van der Waals surface area contributed by atoms with E-state index in [4.69, 9.17) is 16.3 Å². The lowest BCUT2D eigenvalue weighted by atomic mass is 10.1. The number of carbonyl (C=O) groups is 1. The average molecular weight is 333 g/mol. The van der Waals surface area contributed by atoms with Gasteiger partial charge in [0.1, 0.15) is 12.4 Å². The van der Waals surface area contributed by atoms with Gasteiger partial charge in [-0.15, -0.1) is 0 Å². The molecule has 0 unspecified atom stereocenters. The van der Waals surface area contributed by atoms with Gasteiger partial charge in [-0.3, -0.25) is 0 Å². The molecular formula is C18H21ClN2O2. The second kappa shape index (κ2) is 9.06. The highest BCUT2D eigenvalue weighted by Gasteiger charge is 2.04. The maximum absolute atomic E-state index is 11.7. The molecule has 2 rings (SSSR count). The predicted molar refractivity (Wildman–Crippen MR) is 93.0 cm³/mol. The lowest BCUT2D eigenvalue weighted by Gasteiger charge is -2.11. The van der Waals surface area contributed by atoms with Gasteiger partial charge in [-0.1, -0.05) is 54.9 Å². The summed E-state index contributed by atoms with van der Waals surface area (Å²) in [4.78, 5) is 11.7. The lowest BCUT2D eigenvalue weighted by Crippen LogP contribution is -2.37.